The summed E-state index contributed by atoms with van der Waals surface area (Å²) in [6, 6.07) is 5.13. The van der Waals surface area contributed by atoms with Crippen molar-refractivity contribution in [2.75, 3.05) is 11.1 Å². The molecule has 0 spiro atoms. The monoisotopic (exact) mass is 566 g/mol. The van der Waals surface area contributed by atoms with Crippen molar-refractivity contribution >= 4 is 27.3 Å². The minimum Gasteiger partial charge on any atom is -0.369 e. The number of anilines is 1. The van der Waals surface area contributed by atoms with Gasteiger partial charge in [0.25, 0.3) is 11.5 Å². The van der Waals surface area contributed by atoms with Crippen molar-refractivity contribution in [1.82, 2.24) is 4.90 Å². The molecule has 0 radical (unpaired) electrons. The Kier molecular flexibility index (Phi) is 7.65. The van der Waals surface area contributed by atoms with E-state index in [0.717, 1.165) is 17.0 Å². The molecule has 1 aliphatic heterocycles. The molecule has 2 amide bonds. The van der Waals surface area contributed by atoms with Gasteiger partial charge < -0.3 is 15.3 Å². The minimum atomic E-state index is -6.06. The SMILES string of the molecule is CC(=O)N1Cc2cc(S(=O)(=O)CC(C)C)ccc2C1C(=O)Nc1ccc(C(O)(C(F)(F)F)C(F)(F)F)cc1. The van der Waals surface area contributed by atoms with Crippen LogP contribution in [0.4, 0.5) is 32.0 Å². The van der Waals surface area contributed by atoms with Crippen LogP contribution >= 0.6 is 0 Å². The number of carbonyl (C=O) groups excluding carboxylic acids is 2. The van der Waals surface area contributed by atoms with Crippen molar-refractivity contribution in [3.63, 3.8) is 0 Å². The largest absolute Gasteiger partial charge is 0.430 e. The van der Waals surface area contributed by atoms with Crippen LogP contribution in [0.2, 0.25) is 0 Å². The fraction of sp³-hybridized carbons (Fsp3) is 0.417. The molecule has 0 aliphatic carbocycles. The van der Waals surface area contributed by atoms with Crippen LogP contribution in [-0.2, 0) is 31.6 Å². The molecule has 1 heterocycles. The average molecular weight is 567 g/mol. The van der Waals surface area contributed by atoms with E-state index in [4.69, 9.17) is 0 Å². The van der Waals surface area contributed by atoms with E-state index in [9.17, 15) is 49.5 Å². The zero-order valence-corrected chi connectivity index (χ0v) is 21.1. The van der Waals surface area contributed by atoms with E-state index < -0.39 is 51.2 Å². The first kappa shape index (κ1) is 29.4. The molecule has 0 saturated carbocycles. The molecule has 2 aromatic rings. The smallest absolute Gasteiger partial charge is 0.369 e. The number of amides is 2. The fourth-order valence-corrected chi connectivity index (χ4v) is 5.89. The van der Waals surface area contributed by atoms with Gasteiger partial charge in [0.2, 0.25) is 5.91 Å². The lowest BCUT2D eigenvalue weighted by molar-refractivity contribution is -0.376. The number of carbonyl (C=O) groups is 2. The number of rotatable bonds is 6. The number of halogens is 6. The first-order chi connectivity index (χ1) is 17.3. The molecule has 7 nitrogen and oxygen atoms in total. The van der Waals surface area contributed by atoms with E-state index in [1.54, 1.807) is 13.8 Å². The van der Waals surface area contributed by atoms with Crippen molar-refractivity contribution < 1.29 is 49.5 Å². The predicted octanol–water partition coefficient (Wildman–Crippen LogP) is 4.47. The second-order valence-electron chi connectivity index (χ2n) is 9.36. The van der Waals surface area contributed by atoms with Crippen molar-refractivity contribution in [3.05, 3.63) is 59.2 Å². The van der Waals surface area contributed by atoms with Gasteiger partial charge in [-0.25, -0.2) is 8.42 Å². The number of alkyl halides is 6. The van der Waals surface area contributed by atoms with Gasteiger partial charge in [0.1, 0.15) is 6.04 Å². The fourth-order valence-electron chi connectivity index (χ4n) is 4.23. The van der Waals surface area contributed by atoms with Gasteiger partial charge in [0, 0.05) is 24.7 Å². The predicted molar refractivity (Wildman–Crippen MR) is 123 cm³/mol. The second-order valence-corrected chi connectivity index (χ2v) is 11.4. The lowest BCUT2D eigenvalue weighted by Crippen LogP contribution is -2.53. The van der Waals surface area contributed by atoms with E-state index in [0.29, 0.717) is 23.3 Å². The number of aliphatic hydroxyl groups is 1. The van der Waals surface area contributed by atoms with E-state index in [1.165, 1.54) is 25.1 Å². The minimum absolute atomic E-state index is 0.0203. The van der Waals surface area contributed by atoms with E-state index >= 15 is 0 Å². The topological polar surface area (TPSA) is 104 Å². The van der Waals surface area contributed by atoms with Crippen molar-refractivity contribution in [2.24, 2.45) is 5.92 Å². The zero-order valence-electron chi connectivity index (χ0n) is 20.3. The zero-order chi connectivity index (χ0) is 28.8. The number of nitrogens with zero attached hydrogens (tertiary/aromatic N) is 1. The summed E-state index contributed by atoms with van der Waals surface area (Å²) in [5.74, 6) is -1.61. The third-order valence-electron chi connectivity index (χ3n) is 6.02. The van der Waals surface area contributed by atoms with E-state index in [1.807, 2.05) is 0 Å². The number of sulfone groups is 1. The highest BCUT2D eigenvalue weighted by Crippen LogP contribution is 2.50. The second kappa shape index (κ2) is 9.88. The molecule has 38 heavy (non-hydrogen) atoms. The van der Waals surface area contributed by atoms with E-state index in [-0.39, 0.29) is 28.8 Å². The molecule has 208 valence electrons. The molecular formula is C24H24F6N2O5S. The summed E-state index contributed by atoms with van der Waals surface area (Å²) in [5, 5.41) is 11.9. The van der Waals surface area contributed by atoms with Gasteiger partial charge in [-0.15, -0.1) is 0 Å². The maximum Gasteiger partial charge on any atom is 0.430 e. The van der Waals surface area contributed by atoms with Crippen molar-refractivity contribution in [3.8, 4) is 0 Å². The van der Waals surface area contributed by atoms with Crippen LogP contribution < -0.4 is 5.32 Å². The standard InChI is InChI=1S/C24H24F6N2O5S/c1-13(2)12-38(36,37)18-8-9-19-15(10-18)11-32(14(3)33)20(19)21(34)31-17-6-4-16(5-7-17)22(35,23(25,26)27)24(28,29)30/h4-10,13,20,35H,11-12H2,1-3H3,(H,31,34). The van der Waals surface area contributed by atoms with Gasteiger partial charge in [0.15, 0.2) is 9.84 Å². The molecule has 2 N–H and O–H groups in total. The molecule has 0 saturated heterocycles. The number of hydrogen-bond donors (Lipinski definition) is 2. The molecule has 0 aromatic heterocycles. The van der Waals surface area contributed by atoms with Crippen molar-refractivity contribution in [1.29, 1.82) is 0 Å². The van der Waals surface area contributed by atoms with Crippen LogP contribution in [0, 0.1) is 5.92 Å². The Morgan fingerprint density at radius 1 is 1.03 bits per heavy atom. The molecule has 1 unspecified atom stereocenters. The highest BCUT2D eigenvalue weighted by atomic mass is 32.2. The summed E-state index contributed by atoms with van der Waals surface area (Å²) in [5.41, 5.74) is -6.09. The summed E-state index contributed by atoms with van der Waals surface area (Å²) in [6.45, 7) is 4.58. The third kappa shape index (κ3) is 5.37. The maximum absolute atomic E-state index is 13.1. The van der Waals surface area contributed by atoms with Crippen LogP contribution in [-0.4, -0.2) is 48.3 Å². The van der Waals surface area contributed by atoms with Gasteiger partial charge in [-0.2, -0.15) is 26.3 Å². The first-order valence-electron chi connectivity index (χ1n) is 11.2. The Morgan fingerprint density at radius 3 is 2.05 bits per heavy atom. The van der Waals surface area contributed by atoms with Gasteiger partial charge in [-0.05, 0) is 41.3 Å². The number of benzene rings is 2. The Hall–Kier alpha value is -3.13. The molecular weight excluding hydrogens is 542 g/mol. The molecule has 14 heteroatoms. The summed E-state index contributed by atoms with van der Waals surface area (Å²) in [6.07, 6.45) is -12.1. The molecule has 1 aliphatic rings. The average Bonchev–Trinajstić information content (AvgIpc) is 3.16. The van der Waals surface area contributed by atoms with Crippen LogP contribution in [0.25, 0.3) is 0 Å². The molecule has 2 aromatic carbocycles. The summed E-state index contributed by atoms with van der Waals surface area (Å²) < 4.78 is 104. The quantitative estimate of drug-likeness (QED) is 0.503. The van der Waals surface area contributed by atoms with Crippen LogP contribution in [0.3, 0.4) is 0 Å². The molecule has 0 bridgehead atoms. The molecule has 1 atom stereocenters. The van der Waals surface area contributed by atoms with Gasteiger partial charge in [-0.1, -0.05) is 32.0 Å². The Morgan fingerprint density at radius 2 is 1.58 bits per heavy atom. The Bertz CT molecular complexity index is 1320. The Balaban J connectivity index is 1.91. The highest BCUT2D eigenvalue weighted by molar-refractivity contribution is 7.91. The number of fused-ring (bicyclic) bond motifs is 1. The van der Waals surface area contributed by atoms with Crippen LogP contribution in [0.1, 0.15) is 43.5 Å². The van der Waals surface area contributed by atoms with Crippen molar-refractivity contribution in [2.45, 2.75) is 56.2 Å². The summed E-state index contributed by atoms with van der Waals surface area (Å²) >= 11 is 0. The van der Waals surface area contributed by atoms with Crippen LogP contribution in [0.15, 0.2) is 47.4 Å². The normalized spacial score (nSPS) is 16.5. The highest BCUT2D eigenvalue weighted by Gasteiger charge is 2.71. The molecule has 3 rings (SSSR count). The van der Waals surface area contributed by atoms with Gasteiger partial charge in [-0.3, -0.25) is 9.59 Å². The summed E-state index contributed by atoms with van der Waals surface area (Å²) in [7, 11) is -3.63. The number of hydrogen-bond acceptors (Lipinski definition) is 5. The molecule has 0 fully saturated rings. The lowest BCUT2D eigenvalue weighted by Gasteiger charge is -2.32. The van der Waals surface area contributed by atoms with Crippen LogP contribution in [0.5, 0.6) is 0 Å². The van der Waals surface area contributed by atoms with Gasteiger partial charge >= 0.3 is 12.4 Å². The first-order valence-corrected chi connectivity index (χ1v) is 12.8. The maximum atomic E-state index is 13.1. The number of nitrogens with one attached hydrogen (secondary N) is 1. The van der Waals surface area contributed by atoms with E-state index in [2.05, 4.69) is 5.32 Å². The lowest BCUT2D eigenvalue weighted by atomic mass is 9.92. The summed E-state index contributed by atoms with van der Waals surface area (Å²) in [4.78, 5) is 26.5. The Labute approximate surface area is 214 Å². The van der Waals surface area contributed by atoms with Gasteiger partial charge in [0.05, 0.1) is 10.6 Å². The third-order valence-corrected chi connectivity index (χ3v) is 8.09.